The van der Waals surface area contributed by atoms with Crippen LogP contribution in [0.15, 0.2) is 30.3 Å². The summed E-state index contributed by atoms with van der Waals surface area (Å²) in [5.74, 6) is 0.139. The zero-order valence-electron chi connectivity index (χ0n) is 13.7. The molecule has 1 aromatic rings. The highest BCUT2D eigenvalue weighted by molar-refractivity contribution is 7.88. The van der Waals surface area contributed by atoms with E-state index >= 15 is 0 Å². The first-order valence-corrected chi connectivity index (χ1v) is 10.3. The highest BCUT2D eigenvalue weighted by atomic mass is 32.2. The smallest absolute Gasteiger partial charge is 0.212 e. The van der Waals surface area contributed by atoms with Gasteiger partial charge in [0, 0.05) is 12.6 Å². The van der Waals surface area contributed by atoms with E-state index in [2.05, 4.69) is 6.92 Å². The average molecular weight is 324 g/mol. The molecule has 0 N–H and O–H groups in total. The van der Waals surface area contributed by atoms with E-state index in [1.165, 1.54) is 25.7 Å². The van der Waals surface area contributed by atoms with Gasteiger partial charge in [0.15, 0.2) is 0 Å². The minimum Gasteiger partial charge on any atom is -0.212 e. The Morgan fingerprint density at radius 3 is 2.55 bits per heavy atom. The first-order valence-electron chi connectivity index (χ1n) is 8.67. The van der Waals surface area contributed by atoms with E-state index in [1.54, 1.807) is 4.31 Å². The average Bonchev–Trinajstić information content (AvgIpc) is 2.97. The fraction of sp³-hybridized carbons (Fsp3) is 0.667. The van der Waals surface area contributed by atoms with Crippen LogP contribution in [-0.2, 0) is 15.8 Å². The maximum Gasteiger partial charge on any atom is 0.218 e. The molecule has 1 atom stereocenters. The normalized spacial score (nSPS) is 19.6. The van der Waals surface area contributed by atoms with Crippen LogP contribution in [0, 0.1) is 0 Å². The summed E-state index contributed by atoms with van der Waals surface area (Å²) < 4.78 is 27.1. The van der Waals surface area contributed by atoms with E-state index in [-0.39, 0.29) is 11.8 Å². The van der Waals surface area contributed by atoms with Gasteiger partial charge < -0.3 is 0 Å². The summed E-state index contributed by atoms with van der Waals surface area (Å²) in [6, 6.07) is 9.75. The molecule has 3 nitrogen and oxygen atoms in total. The number of sulfonamides is 1. The van der Waals surface area contributed by atoms with Crippen LogP contribution in [0.2, 0.25) is 0 Å². The van der Waals surface area contributed by atoms with Gasteiger partial charge in [-0.2, -0.15) is 4.31 Å². The molecule has 1 aliphatic rings. The SMILES string of the molecule is CCCCCCCC1CCCN1S(=O)(=O)Cc1ccccc1. The summed E-state index contributed by atoms with van der Waals surface area (Å²) in [5.41, 5.74) is 0.885. The fourth-order valence-electron chi connectivity index (χ4n) is 3.32. The Balaban J connectivity index is 1.88. The molecule has 1 unspecified atom stereocenters. The molecule has 1 heterocycles. The molecule has 4 heteroatoms. The van der Waals surface area contributed by atoms with E-state index in [4.69, 9.17) is 0 Å². The monoisotopic (exact) mass is 323 g/mol. The molecular formula is C18H29NO2S. The van der Waals surface area contributed by atoms with Crippen LogP contribution in [0.1, 0.15) is 63.9 Å². The van der Waals surface area contributed by atoms with Crippen molar-refractivity contribution in [3.63, 3.8) is 0 Å². The molecule has 0 spiro atoms. The van der Waals surface area contributed by atoms with Gasteiger partial charge in [0.05, 0.1) is 5.75 Å². The van der Waals surface area contributed by atoms with Crippen molar-refractivity contribution in [1.82, 2.24) is 4.31 Å². The maximum atomic E-state index is 12.7. The molecule has 124 valence electrons. The molecule has 0 aromatic heterocycles. The highest BCUT2D eigenvalue weighted by Gasteiger charge is 2.33. The molecule has 1 aliphatic heterocycles. The Morgan fingerprint density at radius 1 is 1.09 bits per heavy atom. The lowest BCUT2D eigenvalue weighted by Crippen LogP contribution is -2.36. The van der Waals surface area contributed by atoms with Gasteiger partial charge in [0.2, 0.25) is 10.0 Å². The quantitative estimate of drug-likeness (QED) is 0.634. The second kappa shape index (κ2) is 8.68. The Hall–Kier alpha value is -0.870. The molecule has 0 bridgehead atoms. The lowest BCUT2D eigenvalue weighted by Gasteiger charge is -2.24. The Kier molecular flexibility index (Phi) is 6.90. The van der Waals surface area contributed by atoms with Gasteiger partial charge in [-0.25, -0.2) is 8.42 Å². The maximum absolute atomic E-state index is 12.7. The molecule has 1 fully saturated rings. The van der Waals surface area contributed by atoms with Gasteiger partial charge in [-0.05, 0) is 24.8 Å². The Morgan fingerprint density at radius 2 is 1.82 bits per heavy atom. The second-order valence-electron chi connectivity index (χ2n) is 6.35. The molecule has 0 radical (unpaired) electrons. The first-order chi connectivity index (χ1) is 10.6. The van der Waals surface area contributed by atoms with Crippen molar-refractivity contribution in [3.8, 4) is 0 Å². The van der Waals surface area contributed by atoms with Crippen molar-refractivity contribution in [2.45, 2.75) is 70.1 Å². The summed E-state index contributed by atoms with van der Waals surface area (Å²) in [7, 11) is -3.18. The standard InChI is InChI=1S/C18H29NO2S/c1-2-3-4-5-9-13-18-14-10-15-19(18)22(20,21)16-17-11-7-6-8-12-17/h6-8,11-12,18H,2-5,9-10,13-16H2,1H3. The zero-order chi connectivity index (χ0) is 15.8. The van der Waals surface area contributed by atoms with E-state index in [9.17, 15) is 8.42 Å². The summed E-state index contributed by atoms with van der Waals surface area (Å²) in [4.78, 5) is 0. The molecule has 22 heavy (non-hydrogen) atoms. The number of rotatable bonds is 9. The number of hydrogen-bond acceptors (Lipinski definition) is 2. The van der Waals surface area contributed by atoms with Crippen molar-refractivity contribution in [2.75, 3.05) is 6.54 Å². The van der Waals surface area contributed by atoms with Crippen LogP contribution in [0.25, 0.3) is 0 Å². The van der Waals surface area contributed by atoms with E-state index in [0.717, 1.165) is 31.2 Å². The van der Waals surface area contributed by atoms with Crippen LogP contribution in [-0.4, -0.2) is 25.3 Å². The number of benzene rings is 1. The second-order valence-corrected chi connectivity index (χ2v) is 8.27. The highest BCUT2D eigenvalue weighted by Crippen LogP contribution is 2.27. The topological polar surface area (TPSA) is 37.4 Å². The van der Waals surface area contributed by atoms with Crippen molar-refractivity contribution in [1.29, 1.82) is 0 Å². The summed E-state index contributed by atoms with van der Waals surface area (Å²) in [6.07, 6.45) is 9.27. The largest absolute Gasteiger partial charge is 0.218 e. The van der Waals surface area contributed by atoms with Gasteiger partial charge >= 0.3 is 0 Å². The minimum absolute atomic E-state index is 0.139. The molecule has 2 rings (SSSR count). The lowest BCUT2D eigenvalue weighted by atomic mass is 10.1. The van der Waals surface area contributed by atoms with Crippen molar-refractivity contribution < 1.29 is 8.42 Å². The van der Waals surface area contributed by atoms with Crippen LogP contribution in [0.5, 0.6) is 0 Å². The molecular weight excluding hydrogens is 294 g/mol. The van der Waals surface area contributed by atoms with E-state index < -0.39 is 10.0 Å². The van der Waals surface area contributed by atoms with Gasteiger partial charge in [0.1, 0.15) is 0 Å². The molecule has 0 amide bonds. The number of unbranched alkanes of at least 4 members (excludes halogenated alkanes) is 4. The third-order valence-corrected chi connectivity index (χ3v) is 6.41. The summed E-state index contributed by atoms with van der Waals surface area (Å²) in [6.45, 7) is 2.92. The Bertz CT molecular complexity index is 527. The van der Waals surface area contributed by atoms with Gasteiger partial charge in [0.25, 0.3) is 0 Å². The van der Waals surface area contributed by atoms with Crippen LogP contribution in [0.4, 0.5) is 0 Å². The third kappa shape index (κ3) is 5.10. The van der Waals surface area contributed by atoms with Crippen molar-refractivity contribution >= 4 is 10.0 Å². The molecule has 1 saturated heterocycles. The van der Waals surface area contributed by atoms with Gasteiger partial charge in [-0.1, -0.05) is 69.4 Å². The van der Waals surface area contributed by atoms with Crippen LogP contribution >= 0.6 is 0 Å². The van der Waals surface area contributed by atoms with Crippen molar-refractivity contribution in [2.24, 2.45) is 0 Å². The first kappa shape index (κ1) is 17.5. The predicted octanol–water partition coefficient (Wildman–Crippen LogP) is 4.34. The lowest BCUT2D eigenvalue weighted by molar-refractivity contribution is 0.359. The van der Waals surface area contributed by atoms with Gasteiger partial charge in [-0.3, -0.25) is 0 Å². The number of nitrogens with zero attached hydrogens (tertiary/aromatic N) is 1. The summed E-state index contributed by atoms with van der Waals surface area (Å²) >= 11 is 0. The summed E-state index contributed by atoms with van der Waals surface area (Å²) in [5, 5.41) is 0. The fourth-order valence-corrected chi connectivity index (χ4v) is 5.17. The van der Waals surface area contributed by atoms with E-state index in [0.29, 0.717) is 6.54 Å². The van der Waals surface area contributed by atoms with Crippen LogP contribution < -0.4 is 0 Å². The molecule has 0 aliphatic carbocycles. The molecule has 1 aromatic carbocycles. The van der Waals surface area contributed by atoms with Crippen molar-refractivity contribution in [3.05, 3.63) is 35.9 Å². The predicted molar refractivity (Wildman–Crippen MR) is 92.2 cm³/mol. The van der Waals surface area contributed by atoms with Gasteiger partial charge in [-0.15, -0.1) is 0 Å². The van der Waals surface area contributed by atoms with Crippen LogP contribution in [0.3, 0.4) is 0 Å². The zero-order valence-corrected chi connectivity index (χ0v) is 14.5. The van der Waals surface area contributed by atoms with E-state index in [1.807, 2.05) is 30.3 Å². The Labute approximate surface area is 135 Å². The molecule has 0 saturated carbocycles. The minimum atomic E-state index is -3.18. The number of hydrogen-bond donors (Lipinski definition) is 0. The third-order valence-electron chi connectivity index (χ3n) is 4.51.